The molecule has 0 bridgehead atoms. The minimum atomic E-state index is 0.600. The lowest BCUT2D eigenvalue weighted by Crippen LogP contribution is -2.02. The number of hydrogen-bond donors (Lipinski definition) is 1. The zero-order chi connectivity index (χ0) is 11.0. The molecule has 0 aliphatic carbocycles. The van der Waals surface area contributed by atoms with Crippen LogP contribution in [0.3, 0.4) is 0 Å². The van der Waals surface area contributed by atoms with Gasteiger partial charge in [-0.1, -0.05) is 0 Å². The lowest BCUT2D eigenvalue weighted by molar-refractivity contribution is 0.768. The van der Waals surface area contributed by atoms with Gasteiger partial charge in [-0.15, -0.1) is 0 Å². The molecule has 0 amide bonds. The van der Waals surface area contributed by atoms with Crippen LogP contribution in [0.15, 0.2) is 12.3 Å². The average molecular weight is 203 g/mol. The summed E-state index contributed by atoms with van der Waals surface area (Å²) in [5, 5.41) is 4.06. The predicted octanol–water partition coefficient (Wildman–Crippen LogP) is 1.08. The van der Waals surface area contributed by atoms with E-state index < -0.39 is 0 Å². The summed E-state index contributed by atoms with van der Waals surface area (Å²) in [5.74, 6) is 0.630. The summed E-state index contributed by atoms with van der Waals surface area (Å²) in [6.45, 7) is 3.87. The van der Waals surface area contributed by atoms with Crippen molar-refractivity contribution in [3.8, 4) is 11.5 Å². The molecule has 2 N–H and O–H groups in total. The predicted molar refractivity (Wildman–Crippen MR) is 58.1 cm³/mol. The minimum absolute atomic E-state index is 0.600. The van der Waals surface area contributed by atoms with Crippen LogP contribution in [0.2, 0.25) is 0 Å². The molecular formula is C10H13N5. The Bertz CT molecular complexity index is 461. The van der Waals surface area contributed by atoms with Crippen molar-refractivity contribution in [3.63, 3.8) is 0 Å². The standard InChI is InChI=1S/C10H13N5/c1-6-4-7(2)14-10(13-6)9-8(11)5-12-15(9)3/h4-5H,11H2,1-3H3. The largest absolute Gasteiger partial charge is 0.396 e. The maximum atomic E-state index is 5.81. The molecule has 0 aromatic carbocycles. The van der Waals surface area contributed by atoms with Gasteiger partial charge < -0.3 is 5.73 Å². The molecule has 0 aliphatic rings. The van der Waals surface area contributed by atoms with Crippen molar-refractivity contribution in [2.24, 2.45) is 7.05 Å². The van der Waals surface area contributed by atoms with E-state index in [1.807, 2.05) is 27.0 Å². The van der Waals surface area contributed by atoms with Crippen LogP contribution in [0.25, 0.3) is 11.5 Å². The van der Waals surface area contributed by atoms with E-state index in [9.17, 15) is 0 Å². The first-order valence-electron chi connectivity index (χ1n) is 4.68. The Morgan fingerprint density at radius 2 is 1.80 bits per heavy atom. The Morgan fingerprint density at radius 3 is 2.27 bits per heavy atom. The number of nitrogens with two attached hydrogens (primary N) is 1. The number of hydrogen-bond acceptors (Lipinski definition) is 4. The smallest absolute Gasteiger partial charge is 0.180 e. The van der Waals surface area contributed by atoms with Gasteiger partial charge >= 0.3 is 0 Å². The molecule has 0 aliphatic heterocycles. The number of aryl methyl sites for hydroxylation is 3. The summed E-state index contributed by atoms with van der Waals surface area (Å²) in [7, 11) is 1.83. The van der Waals surface area contributed by atoms with Crippen LogP contribution in [0.1, 0.15) is 11.4 Å². The highest BCUT2D eigenvalue weighted by Crippen LogP contribution is 2.21. The highest BCUT2D eigenvalue weighted by molar-refractivity contribution is 5.66. The molecule has 0 fully saturated rings. The molecule has 0 unspecified atom stereocenters. The second-order valence-electron chi connectivity index (χ2n) is 3.55. The van der Waals surface area contributed by atoms with Gasteiger partial charge in [0.05, 0.1) is 11.9 Å². The van der Waals surface area contributed by atoms with Crippen LogP contribution >= 0.6 is 0 Å². The summed E-state index contributed by atoms with van der Waals surface area (Å²) in [6, 6.07) is 1.93. The lowest BCUT2D eigenvalue weighted by Gasteiger charge is -2.04. The first-order valence-corrected chi connectivity index (χ1v) is 4.68. The van der Waals surface area contributed by atoms with E-state index in [-0.39, 0.29) is 0 Å². The minimum Gasteiger partial charge on any atom is -0.396 e. The van der Waals surface area contributed by atoms with Crippen LogP contribution in [-0.4, -0.2) is 19.7 Å². The number of nitrogens with zero attached hydrogens (tertiary/aromatic N) is 4. The molecule has 15 heavy (non-hydrogen) atoms. The van der Waals surface area contributed by atoms with Gasteiger partial charge in [-0.25, -0.2) is 9.97 Å². The quantitative estimate of drug-likeness (QED) is 0.752. The molecular weight excluding hydrogens is 190 g/mol. The Kier molecular flexibility index (Phi) is 2.15. The number of nitrogen functional groups attached to an aromatic ring is 1. The summed E-state index contributed by atoms with van der Waals surface area (Å²) in [5.41, 5.74) is 9.03. The molecule has 0 saturated carbocycles. The topological polar surface area (TPSA) is 69.6 Å². The SMILES string of the molecule is Cc1cc(C)nc(-c2c(N)cnn2C)n1. The Balaban J connectivity index is 2.63. The van der Waals surface area contributed by atoms with Crippen molar-refractivity contribution in [1.82, 2.24) is 19.7 Å². The zero-order valence-corrected chi connectivity index (χ0v) is 9.02. The fraction of sp³-hybridized carbons (Fsp3) is 0.300. The zero-order valence-electron chi connectivity index (χ0n) is 9.02. The molecule has 0 radical (unpaired) electrons. The monoisotopic (exact) mass is 203 g/mol. The molecule has 0 spiro atoms. The van der Waals surface area contributed by atoms with Crippen LogP contribution in [0.4, 0.5) is 5.69 Å². The third kappa shape index (κ3) is 1.68. The van der Waals surface area contributed by atoms with Crippen molar-refractivity contribution in [3.05, 3.63) is 23.7 Å². The lowest BCUT2D eigenvalue weighted by atomic mass is 10.3. The van der Waals surface area contributed by atoms with Crippen molar-refractivity contribution in [2.75, 3.05) is 5.73 Å². The molecule has 2 heterocycles. The van der Waals surface area contributed by atoms with Gasteiger partial charge in [0.25, 0.3) is 0 Å². The first-order chi connectivity index (χ1) is 7.08. The highest BCUT2D eigenvalue weighted by Gasteiger charge is 2.11. The Labute approximate surface area is 88.0 Å². The number of aromatic nitrogens is 4. The summed E-state index contributed by atoms with van der Waals surface area (Å²) in [6.07, 6.45) is 1.61. The third-order valence-corrected chi connectivity index (χ3v) is 2.16. The molecule has 2 aromatic heterocycles. The van der Waals surface area contributed by atoms with E-state index in [1.165, 1.54) is 0 Å². The molecule has 0 saturated heterocycles. The molecule has 5 heteroatoms. The maximum absolute atomic E-state index is 5.81. The molecule has 2 aromatic rings. The highest BCUT2D eigenvalue weighted by atomic mass is 15.3. The van der Waals surface area contributed by atoms with Gasteiger partial charge in [0.1, 0.15) is 5.69 Å². The van der Waals surface area contributed by atoms with Crippen LogP contribution in [0, 0.1) is 13.8 Å². The third-order valence-electron chi connectivity index (χ3n) is 2.16. The van der Waals surface area contributed by atoms with Crippen LogP contribution in [-0.2, 0) is 7.05 Å². The van der Waals surface area contributed by atoms with Crippen molar-refractivity contribution in [1.29, 1.82) is 0 Å². The fourth-order valence-corrected chi connectivity index (χ4v) is 1.56. The van der Waals surface area contributed by atoms with Crippen molar-refractivity contribution >= 4 is 5.69 Å². The van der Waals surface area contributed by atoms with Gasteiger partial charge in [-0.05, 0) is 19.9 Å². The summed E-state index contributed by atoms with van der Waals surface area (Å²) in [4.78, 5) is 8.69. The number of anilines is 1. The fourth-order valence-electron chi connectivity index (χ4n) is 1.56. The van der Waals surface area contributed by atoms with E-state index in [0.29, 0.717) is 11.5 Å². The van der Waals surface area contributed by atoms with E-state index in [0.717, 1.165) is 17.1 Å². The van der Waals surface area contributed by atoms with Gasteiger partial charge in [-0.2, -0.15) is 5.10 Å². The van der Waals surface area contributed by atoms with E-state index in [4.69, 9.17) is 5.73 Å². The first kappa shape index (κ1) is 9.64. The molecule has 5 nitrogen and oxygen atoms in total. The summed E-state index contributed by atoms with van der Waals surface area (Å²) < 4.78 is 1.68. The van der Waals surface area contributed by atoms with Crippen LogP contribution in [0.5, 0.6) is 0 Å². The van der Waals surface area contributed by atoms with Crippen molar-refractivity contribution < 1.29 is 0 Å². The van der Waals surface area contributed by atoms with Gasteiger partial charge in [0.2, 0.25) is 0 Å². The molecule has 78 valence electrons. The summed E-state index contributed by atoms with van der Waals surface area (Å²) >= 11 is 0. The normalized spacial score (nSPS) is 10.6. The second-order valence-corrected chi connectivity index (χ2v) is 3.55. The van der Waals surface area contributed by atoms with Crippen molar-refractivity contribution in [2.45, 2.75) is 13.8 Å². The van der Waals surface area contributed by atoms with E-state index in [2.05, 4.69) is 15.1 Å². The van der Waals surface area contributed by atoms with Gasteiger partial charge in [0, 0.05) is 18.4 Å². The average Bonchev–Trinajstić information content (AvgIpc) is 2.44. The maximum Gasteiger partial charge on any atom is 0.180 e. The Morgan fingerprint density at radius 1 is 1.20 bits per heavy atom. The van der Waals surface area contributed by atoms with Gasteiger partial charge in [0.15, 0.2) is 5.82 Å². The Hall–Kier alpha value is -1.91. The van der Waals surface area contributed by atoms with Crippen LogP contribution < -0.4 is 5.73 Å². The van der Waals surface area contributed by atoms with E-state index in [1.54, 1.807) is 10.9 Å². The number of rotatable bonds is 1. The molecule has 2 rings (SSSR count). The van der Waals surface area contributed by atoms with Gasteiger partial charge in [-0.3, -0.25) is 4.68 Å². The molecule has 0 atom stereocenters. The van der Waals surface area contributed by atoms with E-state index >= 15 is 0 Å². The second kappa shape index (κ2) is 3.34.